The van der Waals surface area contributed by atoms with Gasteiger partial charge in [0, 0.05) is 36.0 Å². The third kappa shape index (κ3) is 4.64. The van der Waals surface area contributed by atoms with E-state index in [0.29, 0.717) is 12.5 Å². The van der Waals surface area contributed by atoms with Crippen molar-refractivity contribution in [1.29, 1.82) is 0 Å². The van der Waals surface area contributed by atoms with Crippen LogP contribution >= 0.6 is 0 Å². The Bertz CT molecular complexity index is 880. The molecular weight excluding hydrogens is 376 g/mol. The minimum Gasteiger partial charge on any atom is -0.469 e. The zero-order chi connectivity index (χ0) is 21.8. The van der Waals surface area contributed by atoms with Gasteiger partial charge in [0.2, 0.25) is 5.95 Å². The van der Waals surface area contributed by atoms with Crippen molar-refractivity contribution in [2.24, 2.45) is 0 Å². The molecule has 2 unspecified atom stereocenters. The summed E-state index contributed by atoms with van der Waals surface area (Å²) in [6.45, 7) is 7.99. The van der Waals surface area contributed by atoms with Crippen LogP contribution in [0.1, 0.15) is 48.9 Å². The average molecular weight is 411 g/mol. The minimum absolute atomic E-state index is 0.224. The summed E-state index contributed by atoms with van der Waals surface area (Å²) in [6.07, 6.45) is 2.68. The number of benzene rings is 1. The second-order valence-electron chi connectivity index (χ2n) is 8.45. The number of aromatic nitrogens is 2. The molecule has 1 aliphatic heterocycles. The summed E-state index contributed by atoms with van der Waals surface area (Å²) in [5, 5.41) is 0. The van der Waals surface area contributed by atoms with E-state index in [-0.39, 0.29) is 11.9 Å². The van der Waals surface area contributed by atoms with Crippen molar-refractivity contribution in [1.82, 2.24) is 14.9 Å². The molecule has 0 radical (unpaired) electrons. The zero-order valence-corrected chi connectivity index (χ0v) is 19.1. The quantitative estimate of drug-likeness (QED) is 0.644. The number of hydrogen-bond acceptors (Lipinski definition) is 6. The van der Waals surface area contributed by atoms with E-state index in [4.69, 9.17) is 14.7 Å². The van der Waals surface area contributed by atoms with E-state index in [1.807, 2.05) is 6.92 Å². The molecule has 6 nitrogen and oxygen atoms in total. The van der Waals surface area contributed by atoms with Crippen molar-refractivity contribution in [3.8, 4) is 11.3 Å². The van der Waals surface area contributed by atoms with E-state index in [0.717, 1.165) is 54.4 Å². The molecule has 1 saturated heterocycles. The molecule has 0 aliphatic carbocycles. The Morgan fingerprint density at radius 2 is 1.93 bits per heavy atom. The van der Waals surface area contributed by atoms with Gasteiger partial charge in [0.25, 0.3) is 0 Å². The van der Waals surface area contributed by atoms with E-state index in [9.17, 15) is 4.79 Å². The molecule has 0 amide bonds. The van der Waals surface area contributed by atoms with E-state index < -0.39 is 0 Å². The van der Waals surface area contributed by atoms with Gasteiger partial charge in [0.05, 0.1) is 18.7 Å². The molecule has 2 heterocycles. The van der Waals surface area contributed by atoms with E-state index in [1.54, 1.807) is 0 Å². The number of aryl methyl sites for hydroxylation is 2. The molecular formula is C24H34N4O2. The van der Waals surface area contributed by atoms with Crippen LogP contribution in [0.3, 0.4) is 0 Å². The molecule has 1 aromatic heterocycles. The molecule has 1 aliphatic rings. The van der Waals surface area contributed by atoms with Gasteiger partial charge in [-0.3, -0.25) is 4.79 Å². The van der Waals surface area contributed by atoms with Gasteiger partial charge in [-0.2, -0.15) is 0 Å². The first kappa shape index (κ1) is 22.2. The second-order valence-corrected chi connectivity index (χ2v) is 8.45. The lowest BCUT2D eigenvalue weighted by molar-refractivity contribution is -0.142. The van der Waals surface area contributed by atoms with Crippen molar-refractivity contribution in [3.63, 3.8) is 0 Å². The number of likely N-dealkylation sites (N-methyl/N-ethyl adjacent to an activating group) is 1. The lowest BCUT2D eigenvalue weighted by atomic mass is 9.89. The topological polar surface area (TPSA) is 58.6 Å². The molecule has 162 valence electrons. The summed E-state index contributed by atoms with van der Waals surface area (Å²) in [5.41, 5.74) is 4.79. The second kappa shape index (κ2) is 9.56. The molecule has 2 atom stereocenters. The van der Waals surface area contributed by atoms with Crippen LogP contribution in [0.15, 0.2) is 24.3 Å². The third-order valence-corrected chi connectivity index (χ3v) is 6.04. The van der Waals surface area contributed by atoms with Crippen molar-refractivity contribution < 1.29 is 9.53 Å². The Morgan fingerprint density at radius 1 is 1.23 bits per heavy atom. The van der Waals surface area contributed by atoms with Gasteiger partial charge < -0.3 is 14.5 Å². The first-order valence-electron chi connectivity index (χ1n) is 10.8. The fourth-order valence-corrected chi connectivity index (χ4v) is 4.21. The first-order chi connectivity index (χ1) is 14.3. The van der Waals surface area contributed by atoms with Gasteiger partial charge in [-0.25, -0.2) is 9.97 Å². The molecule has 1 fully saturated rings. The summed E-state index contributed by atoms with van der Waals surface area (Å²) < 4.78 is 5.14. The van der Waals surface area contributed by atoms with Gasteiger partial charge >= 0.3 is 5.97 Å². The summed E-state index contributed by atoms with van der Waals surface area (Å²) in [7, 11) is 5.69. The fraction of sp³-hybridized carbons (Fsp3) is 0.542. The highest BCUT2D eigenvalue weighted by Gasteiger charge is 2.31. The highest BCUT2D eigenvalue weighted by Crippen LogP contribution is 2.35. The molecule has 0 bridgehead atoms. The number of esters is 1. The summed E-state index contributed by atoms with van der Waals surface area (Å²) >= 11 is 0. The third-order valence-electron chi connectivity index (χ3n) is 6.04. The summed E-state index contributed by atoms with van der Waals surface area (Å²) in [5.74, 6) is 0.160. The lowest BCUT2D eigenvalue weighted by Gasteiger charge is -2.24. The normalized spacial score (nSPS) is 17.4. The lowest BCUT2D eigenvalue weighted by Crippen LogP contribution is -2.32. The highest BCUT2D eigenvalue weighted by atomic mass is 16.5. The Morgan fingerprint density at radius 3 is 2.50 bits per heavy atom. The standard InChI is InChI=1S/C24H34N4O2/c1-7-8-20(23(29)30-6)21-17(3)25-24(28-14-13-19(15-28)27(4)5)26-22(21)18-11-9-16(2)10-12-18/h9-12,19-20H,7-8,13-15H2,1-6H3. The van der Waals surface area contributed by atoms with Crippen LogP contribution in [-0.4, -0.2) is 61.2 Å². The summed E-state index contributed by atoms with van der Waals surface area (Å²) in [6, 6.07) is 8.83. The van der Waals surface area contributed by atoms with Crippen molar-refractivity contribution in [2.45, 2.75) is 52.0 Å². The van der Waals surface area contributed by atoms with Crippen LogP contribution < -0.4 is 4.90 Å². The Kier molecular flexibility index (Phi) is 7.08. The van der Waals surface area contributed by atoms with Crippen LogP contribution in [0.5, 0.6) is 0 Å². The zero-order valence-electron chi connectivity index (χ0n) is 19.1. The SMILES string of the molecule is CCCC(C(=O)OC)c1c(C)nc(N2CCC(N(C)C)C2)nc1-c1ccc(C)cc1. The van der Waals surface area contributed by atoms with Crippen LogP contribution in [0.4, 0.5) is 5.95 Å². The van der Waals surface area contributed by atoms with Crippen molar-refractivity contribution >= 4 is 11.9 Å². The molecule has 3 rings (SSSR count). The largest absolute Gasteiger partial charge is 0.469 e. The molecule has 6 heteroatoms. The van der Waals surface area contributed by atoms with Gasteiger partial charge in [0.15, 0.2) is 0 Å². The number of carbonyl (C=O) groups is 1. The predicted molar refractivity (Wildman–Crippen MR) is 121 cm³/mol. The van der Waals surface area contributed by atoms with E-state index >= 15 is 0 Å². The van der Waals surface area contributed by atoms with Crippen LogP contribution in [0.25, 0.3) is 11.3 Å². The number of rotatable bonds is 7. The Hall–Kier alpha value is -2.47. The average Bonchev–Trinajstić information content (AvgIpc) is 3.23. The number of carbonyl (C=O) groups excluding carboxylic acids is 1. The number of methoxy groups -OCH3 is 1. The molecule has 0 saturated carbocycles. The number of anilines is 1. The van der Waals surface area contributed by atoms with Gasteiger partial charge in [0.1, 0.15) is 0 Å². The minimum atomic E-state index is -0.363. The van der Waals surface area contributed by atoms with Crippen LogP contribution in [0, 0.1) is 13.8 Å². The van der Waals surface area contributed by atoms with Gasteiger partial charge in [-0.05, 0) is 40.8 Å². The van der Waals surface area contributed by atoms with E-state index in [2.05, 4.69) is 62.0 Å². The fourth-order valence-electron chi connectivity index (χ4n) is 4.21. The number of ether oxygens (including phenoxy) is 1. The molecule has 1 aromatic carbocycles. The summed E-state index contributed by atoms with van der Waals surface area (Å²) in [4.78, 5) is 27.1. The van der Waals surface area contributed by atoms with Crippen LogP contribution in [-0.2, 0) is 9.53 Å². The highest BCUT2D eigenvalue weighted by molar-refractivity contribution is 5.82. The Labute approximate surface area is 180 Å². The maximum absolute atomic E-state index is 12.7. The van der Waals surface area contributed by atoms with Crippen molar-refractivity contribution in [2.75, 3.05) is 39.2 Å². The van der Waals surface area contributed by atoms with Crippen LogP contribution in [0.2, 0.25) is 0 Å². The molecule has 0 N–H and O–H groups in total. The van der Waals surface area contributed by atoms with Gasteiger partial charge in [-0.15, -0.1) is 0 Å². The molecule has 30 heavy (non-hydrogen) atoms. The maximum atomic E-state index is 12.7. The van der Waals surface area contributed by atoms with Crippen molar-refractivity contribution in [3.05, 3.63) is 41.1 Å². The smallest absolute Gasteiger partial charge is 0.313 e. The van der Waals surface area contributed by atoms with Gasteiger partial charge in [-0.1, -0.05) is 43.2 Å². The number of nitrogens with zero attached hydrogens (tertiary/aromatic N) is 4. The van der Waals surface area contributed by atoms with E-state index in [1.165, 1.54) is 12.7 Å². The predicted octanol–water partition coefficient (Wildman–Crippen LogP) is 3.96. The molecule has 2 aromatic rings. The molecule has 0 spiro atoms. The maximum Gasteiger partial charge on any atom is 0.313 e. The monoisotopic (exact) mass is 410 g/mol. The Balaban J connectivity index is 2.12. The number of hydrogen-bond donors (Lipinski definition) is 0. The first-order valence-corrected chi connectivity index (χ1v) is 10.8.